The van der Waals surface area contributed by atoms with Gasteiger partial charge in [-0.2, -0.15) is 0 Å². The molecule has 0 aliphatic rings. The molecule has 0 saturated carbocycles. The minimum absolute atomic E-state index is 0.113. The third-order valence-electron chi connectivity index (χ3n) is 2.24. The molecule has 0 N–H and O–H groups in total. The zero-order chi connectivity index (χ0) is 11.6. The number of hydrogen-bond acceptors (Lipinski definition) is 1. The average molecular weight is 216 g/mol. The summed E-state index contributed by atoms with van der Waals surface area (Å²) in [5.74, 6) is 0.918. The van der Waals surface area contributed by atoms with Crippen molar-refractivity contribution in [3.63, 3.8) is 0 Å². The van der Waals surface area contributed by atoms with E-state index in [2.05, 4.69) is 48.1 Å². The Morgan fingerprint density at radius 1 is 1.07 bits per heavy atom. The molecule has 0 unspecified atom stereocenters. The largest absolute Gasteiger partial charge is 0.501 e. The maximum atomic E-state index is 5.19. The summed E-state index contributed by atoms with van der Waals surface area (Å²) >= 11 is 0. The van der Waals surface area contributed by atoms with E-state index < -0.39 is 0 Å². The van der Waals surface area contributed by atoms with Gasteiger partial charge in [0.2, 0.25) is 0 Å². The Kier molecular flexibility index (Phi) is 4.65. The van der Waals surface area contributed by atoms with Crippen LogP contribution in [0.2, 0.25) is 0 Å². The predicted octanol–water partition coefficient (Wildman–Crippen LogP) is 4.23. The van der Waals surface area contributed by atoms with Crippen molar-refractivity contribution in [2.45, 2.75) is 51.9 Å². The van der Waals surface area contributed by atoms with E-state index in [9.17, 15) is 0 Å². The first-order chi connectivity index (χ1) is 6.09. The maximum Gasteiger partial charge on any atom is 0.0927 e. The van der Waals surface area contributed by atoms with Crippen molar-refractivity contribution in [2.75, 3.05) is 13.3 Å². The van der Waals surface area contributed by atoms with Gasteiger partial charge in [0.25, 0.3) is 0 Å². The van der Waals surface area contributed by atoms with E-state index in [0.717, 1.165) is 11.9 Å². The smallest absolute Gasteiger partial charge is 0.0927 e. The van der Waals surface area contributed by atoms with Crippen molar-refractivity contribution in [2.24, 2.45) is 0 Å². The van der Waals surface area contributed by atoms with E-state index >= 15 is 0 Å². The summed E-state index contributed by atoms with van der Waals surface area (Å²) in [5, 5.41) is 0.712. The van der Waals surface area contributed by atoms with Crippen LogP contribution in [0.1, 0.15) is 41.5 Å². The number of ether oxygens (including phenoxy) is 1. The molecule has 0 atom stereocenters. The standard InChI is InChI=1S/C12H25OP/c1-10(13-8)9-14(11(2,3)4)12(5,6)7/h1,9H2,2-8H3. The van der Waals surface area contributed by atoms with Gasteiger partial charge in [0.1, 0.15) is 0 Å². The number of allylic oxidation sites excluding steroid dienone is 1. The van der Waals surface area contributed by atoms with Crippen LogP contribution < -0.4 is 0 Å². The van der Waals surface area contributed by atoms with Crippen molar-refractivity contribution in [1.29, 1.82) is 0 Å². The van der Waals surface area contributed by atoms with Crippen LogP contribution in [0.5, 0.6) is 0 Å². The van der Waals surface area contributed by atoms with Gasteiger partial charge in [0.15, 0.2) is 0 Å². The van der Waals surface area contributed by atoms with E-state index in [-0.39, 0.29) is 7.92 Å². The van der Waals surface area contributed by atoms with Gasteiger partial charge in [-0.3, -0.25) is 0 Å². The molecule has 0 aliphatic heterocycles. The molecule has 0 radical (unpaired) electrons. The molecule has 0 bridgehead atoms. The quantitative estimate of drug-likeness (QED) is 0.507. The van der Waals surface area contributed by atoms with E-state index in [1.165, 1.54) is 0 Å². The molecule has 0 aromatic rings. The third-order valence-corrected chi connectivity index (χ3v) is 6.15. The summed E-state index contributed by atoms with van der Waals surface area (Å²) in [6.07, 6.45) is 1.01. The summed E-state index contributed by atoms with van der Waals surface area (Å²) in [6, 6.07) is 0. The molecule has 14 heavy (non-hydrogen) atoms. The highest BCUT2D eigenvalue weighted by atomic mass is 31.1. The molecule has 2 heteroatoms. The van der Waals surface area contributed by atoms with Crippen LogP contribution in [0.4, 0.5) is 0 Å². The molecular formula is C12H25OP. The molecule has 0 aromatic heterocycles. The zero-order valence-electron chi connectivity index (χ0n) is 10.8. The van der Waals surface area contributed by atoms with Crippen molar-refractivity contribution in [1.82, 2.24) is 0 Å². The minimum Gasteiger partial charge on any atom is -0.501 e. The summed E-state index contributed by atoms with van der Waals surface area (Å²) in [5.41, 5.74) is 0. The normalized spacial score (nSPS) is 13.1. The average Bonchev–Trinajstić information content (AvgIpc) is 1.95. The number of hydrogen-bond donors (Lipinski definition) is 0. The number of rotatable bonds is 3. The Morgan fingerprint density at radius 3 is 1.64 bits per heavy atom. The van der Waals surface area contributed by atoms with Crippen LogP contribution >= 0.6 is 7.92 Å². The van der Waals surface area contributed by atoms with Crippen LogP contribution in [0.15, 0.2) is 12.3 Å². The highest BCUT2D eigenvalue weighted by Gasteiger charge is 2.34. The molecule has 1 nitrogen and oxygen atoms in total. The lowest BCUT2D eigenvalue weighted by Crippen LogP contribution is -2.27. The molecule has 0 fully saturated rings. The second kappa shape index (κ2) is 4.66. The SMILES string of the molecule is C=C(CP(C(C)(C)C)C(C)(C)C)OC. The van der Waals surface area contributed by atoms with Gasteiger partial charge in [-0.15, -0.1) is 0 Å². The Hall–Kier alpha value is -0.0300. The van der Waals surface area contributed by atoms with Crippen LogP contribution in [0.3, 0.4) is 0 Å². The van der Waals surface area contributed by atoms with Gasteiger partial charge in [-0.05, 0) is 10.3 Å². The van der Waals surface area contributed by atoms with Gasteiger partial charge in [-0.1, -0.05) is 56.0 Å². The van der Waals surface area contributed by atoms with Gasteiger partial charge >= 0.3 is 0 Å². The molecule has 0 aromatic carbocycles. The van der Waals surface area contributed by atoms with Crippen LogP contribution in [-0.2, 0) is 4.74 Å². The summed E-state index contributed by atoms with van der Waals surface area (Å²) in [6.45, 7) is 17.8. The lowest BCUT2D eigenvalue weighted by Gasteiger charge is -2.41. The molecule has 0 amide bonds. The molecular weight excluding hydrogens is 191 g/mol. The van der Waals surface area contributed by atoms with Crippen LogP contribution in [0, 0.1) is 0 Å². The highest BCUT2D eigenvalue weighted by molar-refractivity contribution is 7.61. The monoisotopic (exact) mass is 216 g/mol. The summed E-state index contributed by atoms with van der Waals surface area (Å²) < 4.78 is 5.19. The molecule has 0 saturated heterocycles. The fourth-order valence-corrected chi connectivity index (χ4v) is 5.16. The Morgan fingerprint density at radius 2 is 1.43 bits per heavy atom. The van der Waals surface area contributed by atoms with E-state index in [1.807, 2.05) is 0 Å². The first-order valence-corrected chi connectivity index (χ1v) is 6.61. The second-order valence-electron chi connectivity index (χ2n) is 5.67. The molecule has 0 aliphatic carbocycles. The molecule has 0 rings (SSSR count). The molecule has 0 spiro atoms. The topological polar surface area (TPSA) is 9.23 Å². The van der Waals surface area contributed by atoms with E-state index in [0.29, 0.717) is 10.3 Å². The van der Waals surface area contributed by atoms with Crippen molar-refractivity contribution in [3.8, 4) is 0 Å². The lowest BCUT2D eigenvalue weighted by molar-refractivity contribution is 0.296. The van der Waals surface area contributed by atoms with E-state index in [1.54, 1.807) is 7.11 Å². The summed E-state index contributed by atoms with van der Waals surface area (Å²) in [4.78, 5) is 0. The molecule has 84 valence electrons. The van der Waals surface area contributed by atoms with Gasteiger partial charge in [0, 0.05) is 6.16 Å². The van der Waals surface area contributed by atoms with Gasteiger partial charge in [0.05, 0.1) is 12.9 Å². The van der Waals surface area contributed by atoms with Crippen molar-refractivity contribution in [3.05, 3.63) is 12.3 Å². The van der Waals surface area contributed by atoms with Gasteiger partial charge in [-0.25, -0.2) is 0 Å². The fraction of sp³-hybridized carbons (Fsp3) is 0.833. The number of methoxy groups -OCH3 is 1. The Bertz CT molecular complexity index is 181. The summed E-state index contributed by atoms with van der Waals surface area (Å²) in [7, 11) is 1.60. The fourth-order valence-electron chi connectivity index (χ4n) is 1.72. The highest BCUT2D eigenvalue weighted by Crippen LogP contribution is 2.59. The Labute approximate surface area is 90.7 Å². The predicted molar refractivity (Wildman–Crippen MR) is 67.4 cm³/mol. The lowest BCUT2D eigenvalue weighted by atomic mass is 10.2. The zero-order valence-corrected chi connectivity index (χ0v) is 11.7. The third kappa shape index (κ3) is 4.46. The minimum atomic E-state index is -0.113. The van der Waals surface area contributed by atoms with Crippen molar-refractivity contribution < 1.29 is 4.74 Å². The van der Waals surface area contributed by atoms with Crippen LogP contribution in [0.25, 0.3) is 0 Å². The van der Waals surface area contributed by atoms with Crippen LogP contribution in [-0.4, -0.2) is 23.6 Å². The molecule has 0 heterocycles. The maximum absolute atomic E-state index is 5.19. The second-order valence-corrected chi connectivity index (χ2v) is 9.53. The first kappa shape index (κ1) is 14.0. The Balaban J connectivity index is 4.68. The van der Waals surface area contributed by atoms with E-state index in [4.69, 9.17) is 4.74 Å². The van der Waals surface area contributed by atoms with Gasteiger partial charge < -0.3 is 4.74 Å². The first-order valence-electron chi connectivity index (χ1n) is 5.08. The van der Waals surface area contributed by atoms with Crippen molar-refractivity contribution >= 4 is 7.92 Å².